The van der Waals surface area contributed by atoms with Crippen LogP contribution in [0.4, 0.5) is 29.5 Å². The van der Waals surface area contributed by atoms with Crippen LogP contribution in [0, 0.1) is 5.92 Å². The standard InChI is InChI=1S/C42H48F3N9O6/c1-50-22-30(27-7-13-46-21-29(27)40(50)57)25-19-33(59-3)31(34(20-25)60-4)23-52-14-10-26(11-15-52)51(2)39(56)24-8-16-53(17-9-24)32-6-5-28-37(36(32)42(43,44)45)48-49-38(28)54-18-12-35(55)47-41(54)58/h5-7,13,19-22,24,26,35,55H,8-12,14-18,23H2,1-4H3,(H,47,58)(H,48,49). The van der Waals surface area contributed by atoms with Crippen molar-refractivity contribution in [3.05, 3.63) is 70.4 Å². The number of nitrogens with one attached hydrogen (secondary N) is 2. The second-order valence-electron chi connectivity index (χ2n) is 15.8. The third-order valence-corrected chi connectivity index (χ3v) is 12.3. The largest absolute Gasteiger partial charge is 0.496 e. The maximum Gasteiger partial charge on any atom is 0.420 e. The summed E-state index contributed by atoms with van der Waals surface area (Å²) in [6.07, 6.45) is 1.81. The molecule has 2 aromatic carbocycles. The number of likely N-dealkylation sites (tertiary alicyclic amines) is 1. The third-order valence-electron chi connectivity index (χ3n) is 12.3. The number of amides is 3. The average molecular weight is 832 g/mol. The molecule has 5 aromatic rings. The number of urea groups is 1. The number of aliphatic hydroxyl groups is 1. The molecule has 3 fully saturated rings. The summed E-state index contributed by atoms with van der Waals surface area (Å²) in [6.45, 7) is 2.66. The number of H-pyrrole nitrogens is 1. The van der Waals surface area contributed by atoms with Gasteiger partial charge in [-0.15, -0.1) is 0 Å². The van der Waals surface area contributed by atoms with Crippen molar-refractivity contribution in [1.29, 1.82) is 0 Å². The van der Waals surface area contributed by atoms with Gasteiger partial charge in [0, 0.05) is 101 Å². The molecule has 3 saturated heterocycles. The number of aliphatic hydroxyl groups excluding tert-OH is 1. The molecule has 0 aliphatic carbocycles. The Kier molecular flexibility index (Phi) is 11.1. The van der Waals surface area contributed by atoms with Crippen molar-refractivity contribution >= 4 is 45.1 Å². The highest BCUT2D eigenvalue weighted by Gasteiger charge is 2.41. The fourth-order valence-corrected chi connectivity index (χ4v) is 9.03. The summed E-state index contributed by atoms with van der Waals surface area (Å²) < 4.78 is 57.5. The lowest BCUT2D eigenvalue weighted by Crippen LogP contribution is -2.52. The third kappa shape index (κ3) is 7.57. The van der Waals surface area contributed by atoms with E-state index in [4.69, 9.17) is 9.47 Å². The van der Waals surface area contributed by atoms with Crippen molar-refractivity contribution in [2.45, 2.75) is 57.1 Å². The summed E-state index contributed by atoms with van der Waals surface area (Å²) in [7, 11) is 6.78. The molecule has 60 heavy (non-hydrogen) atoms. The van der Waals surface area contributed by atoms with Gasteiger partial charge in [-0.05, 0) is 67.0 Å². The molecule has 1 unspecified atom stereocenters. The first-order valence-corrected chi connectivity index (χ1v) is 20.0. The number of halogens is 3. The Bertz CT molecular complexity index is 2470. The highest BCUT2D eigenvalue weighted by atomic mass is 19.4. The number of hydrogen-bond donors (Lipinski definition) is 3. The minimum atomic E-state index is -4.72. The molecular formula is C42H48F3N9O6. The molecule has 15 nitrogen and oxygen atoms in total. The number of pyridine rings is 2. The lowest BCUT2D eigenvalue weighted by molar-refractivity contribution is -0.138. The molecule has 3 aromatic heterocycles. The Morgan fingerprint density at radius 1 is 0.950 bits per heavy atom. The summed E-state index contributed by atoms with van der Waals surface area (Å²) in [5, 5.41) is 20.2. The maximum atomic E-state index is 14.7. The van der Waals surface area contributed by atoms with E-state index in [-0.39, 0.29) is 71.9 Å². The van der Waals surface area contributed by atoms with E-state index in [1.54, 1.807) is 49.3 Å². The number of nitrogens with zero attached hydrogens (tertiary/aromatic N) is 7. The van der Waals surface area contributed by atoms with Crippen LogP contribution in [0.1, 0.15) is 43.2 Å². The van der Waals surface area contributed by atoms with Gasteiger partial charge in [0.25, 0.3) is 5.56 Å². The molecule has 0 spiro atoms. The molecule has 0 bridgehead atoms. The van der Waals surface area contributed by atoms with Crippen molar-refractivity contribution in [2.75, 3.05) is 63.8 Å². The van der Waals surface area contributed by atoms with Crippen LogP contribution >= 0.6 is 0 Å². The predicted molar refractivity (Wildman–Crippen MR) is 219 cm³/mol. The van der Waals surface area contributed by atoms with E-state index in [1.807, 2.05) is 30.1 Å². The Hall–Kier alpha value is -5.88. The van der Waals surface area contributed by atoms with E-state index >= 15 is 0 Å². The van der Waals surface area contributed by atoms with E-state index in [9.17, 15) is 32.7 Å². The Labute approximate surface area is 343 Å². The van der Waals surface area contributed by atoms with E-state index in [2.05, 4.69) is 25.4 Å². The van der Waals surface area contributed by atoms with Crippen molar-refractivity contribution in [3.63, 3.8) is 0 Å². The average Bonchev–Trinajstić information content (AvgIpc) is 3.67. The number of benzene rings is 2. The van der Waals surface area contributed by atoms with Crippen LogP contribution in [0.2, 0.25) is 0 Å². The number of hydrogen-bond acceptors (Lipinski definition) is 10. The van der Waals surface area contributed by atoms with Gasteiger partial charge in [0.1, 0.15) is 23.3 Å². The monoisotopic (exact) mass is 831 g/mol. The zero-order valence-corrected chi connectivity index (χ0v) is 33.9. The fraction of sp³-hybridized carbons (Fsp3) is 0.452. The molecule has 6 heterocycles. The molecule has 0 saturated carbocycles. The van der Waals surface area contributed by atoms with Crippen molar-refractivity contribution in [3.8, 4) is 22.6 Å². The fourth-order valence-electron chi connectivity index (χ4n) is 9.03. The molecule has 1 atom stereocenters. The molecule has 3 aliphatic rings. The summed E-state index contributed by atoms with van der Waals surface area (Å²) in [4.78, 5) is 50.3. The molecule has 3 aliphatic heterocycles. The SMILES string of the molecule is COc1cc(-c2cn(C)c(=O)c3cnccc23)cc(OC)c1CN1CCC(N(C)C(=O)C2CCN(c3ccc4c(N5CCC(O)NC5=O)n[nH]c4c3C(F)(F)F)CC2)CC1. The van der Waals surface area contributed by atoms with Gasteiger partial charge < -0.3 is 34.3 Å². The smallest absolute Gasteiger partial charge is 0.420 e. The molecule has 3 N–H and O–H groups in total. The van der Waals surface area contributed by atoms with E-state index < -0.39 is 24.0 Å². The number of anilines is 2. The van der Waals surface area contributed by atoms with Crippen LogP contribution in [-0.4, -0.2) is 113 Å². The van der Waals surface area contributed by atoms with Crippen LogP contribution in [0.3, 0.4) is 0 Å². The number of aromatic amines is 1. The molecule has 0 radical (unpaired) electrons. The lowest BCUT2D eigenvalue weighted by Gasteiger charge is -2.40. The number of ether oxygens (including phenoxy) is 2. The lowest BCUT2D eigenvalue weighted by atomic mass is 9.92. The van der Waals surface area contributed by atoms with Gasteiger partial charge in [-0.1, -0.05) is 0 Å². The van der Waals surface area contributed by atoms with Gasteiger partial charge in [-0.3, -0.25) is 29.5 Å². The zero-order valence-electron chi connectivity index (χ0n) is 33.9. The highest BCUT2D eigenvalue weighted by Crippen LogP contribution is 2.44. The highest BCUT2D eigenvalue weighted by molar-refractivity contribution is 6.03. The minimum Gasteiger partial charge on any atom is -0.496 e. The summed E-state index contributed by atoms with van der Waals surface area (Å²) in [5.41, 5.74) is 1.35. The van der Waals surface area contributed by atoms with Gasteiger partial charge in [-0.25, -0.2) is 4.79 Å². The van der Waals surface area contributed by atoms with Crippen molar-refractivity contribution in [2.24, 2.45) is 13.0 Å². The quantitative estimate of drug-likeness (QED) is 0.183. The second-order valence-corrected chi connectivity index (χ2v) is 15.8. The van der Waals surface area contributed by atoms with Crippen molar-refractivity contribution in [1.82, 2.24) is 34.9 Å². The number of carbonyl (C=O) groups is 2. The number of carbonyl (C=O) groups excluding carboxylic acids is 2. The molecular weight excluding hydrogens is 784 g/mol. The first-order chi connectivity index (χ1) is 28.8. The Morgan fingerprint density at radius 2 is 1.65 bits per heavy atom. The minimum absolute atomic E-state index is 0.00313. The molecule has 18 heteroatoms. The number of methoxy groups -OCH3 is 2. The number of aromatic nitrogens is 4. The van der Waals surface area contributed by atoms with Gasteiger partial charge in [0.15, 0.2) is 5.82 Å². The van der Waals surface area contributed by atoms with Crippen LogP contribution in [0.25, 0.3) is 32.8 Å². The first kappa shape index (κ1) is 40.9. The van der Waals surface area contributed by atoms with E-state index in [0.717, 1.165) is 48.0 Å². The Morgan fingerprint density at radius 3 is 2.30 bits per heavy atom. The van der Waals surface area contributed by atoms with E-state index in [1.165, 1.54) is 17.0 Å². The van der Waals surface area contributed by atoms with Gasteiger partial charge >= 0.3 is 12.2 Å². The van der Waals surface area contributed by atoms with Crippen LogP contribution in [0.15, 0.2) is 53.7 Å². The Balaban J connectivity index is 0.906. The number of piperidine rings is 2. The van der Waals surface area contributed by atoms with Gasteiger partial charge in [0.05, 0.1) is 36.4 Å². The molecule has 318 valence electrons. The summed E-state index contributed by atoms with van der Waals surface area (Å²) >= 11 is 0. The molecule has 3 amide bonds. The van der Waals surface area contributed by atoms with Crippen LogP contribution in [-0.2, 0) is 24.6 Å². The second kappa shape index (κ2) is 16.3. The van der Waals surface area contributed by atoms with E-state index in [0.29, 0.717) is 36.3 Å². The first-order valence-electron chi connectivity index (χ1n) is 20.0. The predicted octanol–water partition coefficient (Wildman–Crippen LogP) is 5.09. The summed E-state index contributed by atoms with van der Waals surface area (Å²) in [5.74, 6) is 1.06. The normalized spacial score (nSPS) is 18.6. The summed E-state index contributed by atoms with van der Waals surface area (Å²) in [6, 6.07) is 8.07. The van der Waals surface area contributed by atoms with Gasteiger partial charge in [-0.2, -0.15) is 18.3 Å². The topological polar surface area (TPSA) is 161 Å². The van der Waals surface area contributed by atoms with Crippen LogP contribution in [0.5, 0.6) is 11.5 Å². The number of rotatable bonds is 9. The van der Waals surface area contributed by atoms with Crippen LogP contribution < -0.4 is 30.1 Å². The van der Waals surface area contributed by atoms with Gasteiger partial charge in [0.2, 0.25) is 5.91 Å². The number of aryl methyl sites for hydroxylation is 1. The zero-order chi connectivity index (χ0) is 42.5. The number of alkyl halides is 3. The maximum absolute atomic E-state index is 14.7. The van der Waals surface area contributed by atoms with Crippen molar-refractivity contribution < 1.29 is 37.3 Å². The molecule has 8 rings (SSSR count). The number of fused-ring (bicyclic) bond motifs is 2.